The van der Waals surface area contributed by atoms with Gasteiger partial charge in [0.2, 0.25) is 5.91 Å². The number of carbonyl (C=O) groups is 1. The lowest BCUT2D eigenvalue weighted by atomic mass is 10.00. The molecular formula is C41H40F5N3O3S. The van der Waals surface area contributed by atoms with Gasteiger partial charge in [0.15, 0.2) is 17.1 Å². The van der Waals surface area contributed by atoms with Crippen LogP contribution < -0.4 is 5.43 Å². The molecule has 6 nitrogen and oxygen atoms in total. The van der Waals surface area contributed by atoms with E-state index >= 15 is 9.18 Å². The van der Waals surface area contributed by atoms with Crippen LogP contribution in [0.5, 0.6) is 0 Å². The summed E-state index contributed by atoms with van der Waals surface area (Å²) in [5.74, 6) is -5.00. The second-order valence-electron chi connectivity index (χ2n) is 11.8. The maximum absolute atomic E-state index is 15.4. The predicted octanol–water partition coefficient (Wildman–Crippen LogP) is 8.71. The minimum Gasteiger partial charge on any atom is -0.383 e. The summed E-state index contributed by atoms with van der Waals surface area (Å²) < 4.78 is 204. The number of piperidine rings is 1. The zero-order chi connectivity index (χ0) is 50.9. The molecular weight excluding hydrogens is 710 g/mol. The number of pyridine rings is 1. The number of nitrogens with zero attached hydrogens (tertiary/aromatic N) is 3. The third kappa shape index (κ3) is 9.17. The molecule has 1 aliphatic rings. The highest BCUT2D eigenvalue weighted by molar-refractivity contribution is 7.98. The Kier molecular flexibility index (Phi) is 7.32. The van der Waals surface area contributed by atoms with Crippen molar-refractivity contribution in [3.8, 4) is 11.1 Å². The van der Waals surface area contributed by atoms with Crippen LogP contribution in [0.1, 0.15) is 55.7 Å². The Labute approximate surface area is 330 Å². The minimum absolute atomic E-state index is 0.221. The van der Waals surface area contributed by atoms with Gasteiger partial charge in [0.05, 0.1) is 37.8 Å². The first kappa shape index (κ1) is 23.3. The summed E-state index contributed by atoms with van der Waals surface area (Å²) in [6.45, 7) is -9.70. The molecule has 0 N–H and O–H groups in total. The molecule has 1 aromatic heterocycles. The molecule has 5 aromatic rings. The molecule has 0 bridgehead atoms. The fourth-order valence-electron chi connectivity index (χ4n) is 5.59. The fraction of sp³-hybridized carbons (Fsp3) is 0.317. The number of halogens is 5. The molecule has 6 rings (SSSR count). The van der Waals surface area contributed by atoms with Crippen LogP contribution in [0.25, 0.3) is 22.0 Å². The summed E-state index contributed by atoms with van der Waals surface area (Å²) in [5, 5.41) is -2.00. The second-order valence-corrected chi connectivity index (χ2v) is 12.6. The van der Waals surface area contributed by atoms with Crippen molar-refractivity contribution in [3.63, 3.8) is 0 Å². The van der Waals surface area contributed by atoms with Crippen molar-refractivity contribution in [3.05, 3.63) is 135 Å². The van der Waals surface area contributed by atoms with Gasteiger partial charge in [-0.25, -0.2) is 8.78 Å². The molecule has 1 fully saturated rings. The van der Waals surface area contributed by atoms with Crippen molar-refractivity contribution in [1.29, 1.82) is 0 Å². The SMILES string of the molecule is [2H]c1c(C)c([2H])c2c(c1[2H])c(=O)c([2H])c(SC([2H])([2H])c1cccc(F)c1F)n2C([2H])([2H])C(=O)N(C1CCN(C([2H])([2H])COC([2H])([2H])[2H])CC1)C([2H])([2H])c1ccc(-c2ccc(C(F)(F)F)cc2)cc1. The van der Waals surface area contributed by atoms with E-state index in [1.165, 1.54) is 36.4 Å². The molecule has 2 heterocycles. The number of likely N-dealkylation sites (tertiary alicyclic amines) is 1. The molecule has 0 spiro atoms. The number of benzene rings is 4. The zero-order valence-corrected chi connectivity index (χ0v) is 28.6. The average molecular weight is 765 g/mol. The molecule has 1 saturated heterocycles. The Morgan fingerprint density at radius 2 is 1.72 bits per heavy atom. The van der Waals surface area contributed by atoms with E-state index in [0.29, 0.717) is 16.5 Å². The number of ether oxygens (including phenoxy) is 1. The van der Waals surface area contributed by atoms with Crippen LogP contribution in [-0.4, -0.2) is 59.5 Å². The van der Waals surface area contributed by atoms with E-state index in [9.17, 15) is 27.8 Å². The van der Waals surface area contributed by atoms with Crippen molar-refractivity contribution in [2.45, 2.75) is 55.7 Å². The van der Waals surface area contributed by atoms with E-state index < -0.39 is 125 Å². The largest absolute Gasteiger partial charge is 0.416 e. The number of rotatable bonds is 12. The maximum atomic E-state index is 15.4. The highest BCUT2D eigenvalue weighted by Gasteiger charge is 2.31. The van der Waals surface area contributed by atoms with Gasteiger partial charge in [-0.1, -0.05) is 54.6 Å². The average Bonchev–Trinajstić information content (AvgIpc) is 3.26. The summed E-state index contributed by atoms with van der Waals surface area (Å²) in [6, 6.07) is 6.38. The zero-order valence-electron chi connectivity index (χ0n) is 42.8. The number of hydrogen-bond donors (Lipinski definition) is 0. The third-order valence-corrected chi connectivity index (χ3v) is 9.10. The number of alkyl halides is 3. The summed E-state index contributed by atoms with van der Waals surface area (Å²) in [5.41, 5.74) is -7.51. The van der Waals surface area contributed by atoms with E-state index in [2.05, 4.69) is 0 Å². The molecule has 53 heavy (non-hydrogen) atoms. The van der Waals surface area contributed by atoms with Gasteiger partial charge in [-0.3, -0.25) is 9.59 Å². The van der Waals surface area contributed by atoms with Gasteiger partial charge in [0.25, 0.3) is 0 Å². The van der Waals surface area contributed by atoms with Crippen LogP contribution in [0, 0.1) is 18.6 Å². The van der Waals surface area contributed by atoms with E-state index in [1.54, 1.807) is 0 Å². The van der Waals surface area contributed by atoms with Crippen molar-refractivity contribution < 1.29 is 52.0 Å². The predicted molar refractivity (Wildman–Crippen MR) is 198 cm³/mol. The first-order valence-corrected chi connectivity index (χ1v) is 16.9. The smallest absolute Gasteiger partial charge is 0.383 e. The molecule has 1 amide bonds. The lowest BCUT2D eigenvalue weighted by Gasteiger charge is -2.39. The van der Waals surface area contributed by atoms with Crippen molar-refractivity contribution in [2.75, 3.05) is 33.2 Å². The highest BCUT2D eigenvalue weighted by Crippen LogP contribution is 2.32. The number of thioether (sulfide) groups is 1. The summed E-state index contributed by atoms with van der Waals surface area (Å²) in [4.78, 5) is 31.0. The van der Waals surface area contributed by atoms with E-state index in [1.807, 2.05) is 0 Å². The minimum atomic E-state index is -4.63. The Morgan fingerprint density at radius 1 is 1.02 bits per heavy atom. The summed E-state index contributed by atoms with van der Waals surface area (Å²) in [7, 11) is -2.97. The van der Waals surface area contributed by atoms with Crippen molar-refractivity contribution in [2.24, 2.45) is 0 Å². The Bertz CT molecular complexity index is 2800. The Balaban J connectivity index is 1.54. The van der Waals surface area contributed by atoms with E-state index in [4.69, 9.17) is 19.8 Å². The number of carbonyl (C=O) groups excluding carboxylic acids is 1. The first-order valence-electron chi connectivity index (χ1n) is 23.5. The van der Waals surface area contributed by atoms with Crippen molar-refractivity contribution in [1.82, 2.24) is 14.4 Å². The normalized spacial score (nSPS) is 19.6. The molecule has 0 saturated carbocycles. The monoisotopic (exact) mass is 764 g/mol. The van der Waals surface area contributed by atoms with E-state index in [0.717, 1.165) is 36.1 Å². The van der Waals surface area contributed by atoms with Gasteiger partial charge in [-0.15, -0.1) is 11.8 Å². The third-order valence-electron chi connectivity index (χ3n) is 8.30. The van der Waals surface area contributed by atoms with Crippen LogP contribution in [0.3, 0.4) is 0 Å². The Morgan fingerprint density at radius 3 is 2.40 bits per heavy atom. The molecule has 12 heteroatoms. The van der Waals surface area contributed by atoms with Crippen LogP contribution >= 0.6 is 11.8 Å². The molecule has 0 unspecified atom stereocenters. The molecule has 0 aliphatic carbocycles. The van der Waals surface area contributed by atoms with Crippen LogP contribution in [0.2, 0.25) is 0 Å². The second kappa shape index (κ2) is 16.7. The summed E-state index contributed by atoms with van der Waals surface area (Å²) in [6.07, 6.45) is -5.28. The summed E-state index contributed by atoms with van der Waals surface area (Å²) >= 11 is -0.221. The molecule has 278 valence electrons. The lowest BCUT2D eigenvalue weighted by Crippen LogP contribution is -2.48. The van der Waals surface area contributed by atoms with Crippen LogP contribution in [0.4, 0.5) is 22.0 Å². The number of methoxy groups -OCH3 is 1. The number of fused-ring (bicyclic) bond motifs is 1. The lowest BCUT2D eigenvalue weighted by molar-refractivity contribution is -0.137. The van der Waals surface area contributed by atoms with Crippen LogP contribution in [0.15, 0.2) is 101 Å². The highest BCUT2D eigenvalue weighted by atomic mass is 32.2. The molecule has 0 atom stereocenters. The molecule has 1 aliphatic heterocycles. The van der Waals surface area contributed by atoms with Crippen molar-refractivity contribution >= 4 is 28.6 Å². The van der Waals surface area contributed by atoms with Gasteiger partial charge in [-0.05, 0) is 72.3 Å². The quantitative estimate of drug-likeness (QED) is 0.0941. The number of aromatic nitrogens is 1. The van der Waals surface area contributed by atoms with E-state index in [-0.39, 0.29) is 59.0 Å². The van der Waals surface area contributed by atoms with Gasteiger partial charge in [0, 0.05) is 67.3 Å². The van der Waals surface area contributed by atoms with Gasteiger partial charge >= 0.3 is 6.18 Å². The fourth-order valence-corrected chi connectivity index (χ4v) is 6.33. The molecule has 0 radical (unpaired) electrons. The Hall–Kier alpha value is -4.52. The first-order chi connectivity index (χ1) is 31.2. The number of hydrogen-bond acceptors (Lipinski definition) is 5. The maximum Gasteiger partial charge on any atom is 0.416 e. The molecule has 4 aromatic carbocycles. The van der Waals surface area contributed by atoms with Gasteiger partial charge in [-0.2, -0.15) is 13.2 Å². The van der Waals surface area contributed by atoms with Crippen LogP contribution in [-0.2, 0) is 34.4 Å². The topological polar surface area (TPSA) is 54.8 Å². The standard InChI is InChI=1S/C41H40F5N3O3S/c1-27-6-15-34-36(22-27)49(39(23-37(34)50)53-26-31-4-3-5-35(42)40(31)43)25-38(51)48(33-16-18-47(19-17-33)20-21-52-2)24-28-7-9-29(10-8-28)30-11-13-32(14-12-30)41(44,45)46/h3-15,22-23,33H,16-21,24-26H2,1-2H3/i2D3,6D,15D,20D2,22D,23D,24D2,25D2,26D2. The number of amides is 1. The van der Waals surface area contributed by atoms with Gasteiger partial charge < -0.3 is 19.1 Å². The van der Waals surface area contributed by atoms with Gasteiger partial charge in [0.1, 0.15) is 6.50 Å².